The van der Waals surface area contributed by atoms with Crippen molar-refractivity contribution >= 4 is 11.9 Å². The van der Waals surface area contributed by atoms with Gasteiger partial charge in [0, 0.05) is 6.54 Å². The number of hydrogen-bond donors (Lipinski definition) is 1. The van der Waals surface area contributed by atoms with Gasteiger partial charge in [0.05, 0.1) is 6.67 Å². The zero-order valence-electron chi connectivity index (χ0n) is 14.5. The molecule has 1 fully saturated rings. The molecule has 1 N–H and O–H groups in total. The number of rotatable bonds is 7. The molecule has 0 radical (unpaired) electrons. The molecule has 0 unspecified atom stereocenters. The molecule has 0 saturated carbocycles. The lowest BCUT2D eigenvalue weighted by Gasteiger charge is -2.22. The van der Waals surface area contributed by atoms with E-state index in [1.54, 1.807) is 0 Å². The van der Waals surface area contributed by atoms with Crippen LogP contribution in [0.4, 0.5) is 4.79 Å². The lowest BCUT2D eigenvalue weighted by atomic mass is 10.0. The molecule has 1 heterocycles. The van der Waals surface area contributed by atoms with E-state index in [0.717, 1.165) is 6.42 Å². The fourth-order valence-electron chi connectivity index (χ4n) is 2.81. The molecular formula is C18H27N3O2. The number of carbonyl (C=O) groups excluding carboxylic acids is 2. The maximum atomic E-state index is 12.2. The summed E-state index contributed by atoms with van der Waals surface area (Å²) in [7, 11) is 1.92. The van der Waals surface area contributed by atoms with Gasteiger partial charge in [0.25, 0.3) is 5.91 Å². The second kappa shape index (κ2) is 7.59. The summed E-state index contributed by atoms with van der Waals surface area (Å²) in [5.74, 6) is 0.405. The quantitative estimate of drug-likeness (QED) is 0.787. The van der Waals surface area contributed by atoms with Crippen molar-refractivity contribution in [2.45, 2.75) is 52.1 Å². The predicted molar refractivity (Wildman–Crippen MR) is 90.9 cm³/mol. The third-order valence-electron chi connectivity index (χ3n) is 4.17. The minimum atomic E-state index is -0.355. The van der Waals surface area contributed by atoms with Crippen LogP contribution in [0, 0.1) is 0 Å². The third kappa shape index (κ3) is 4.32. The van der Waals surface area contributed by atoms with Crippen molar-refractivity contribution < 1.29 is 9.59 Å². The summed E-state index contributed by atoms with van der Waals surface area (Å²) in [6.45, 7) is 7.37. The molecule has 0 aliphatic carbocycles. The standard InChI is InChI=1S/C18H27N3O2/c1-5-6-16-17(22)21(18(23)19-16)12-20(4)11-14-7-9-15(10-8-14)13(2)3/h7-10,13,16H,5-6,11-12H2,1-4H3,(H,19,23)/t16-/m1/s1. The summed E-state index contributed by atoms with van der Waals surface area (Å²) in [5, 5.41) is 2.75. The van der Waals surface area contributed by atoms with Gasteiger partial charge in [0.2, 0.25) is 0 Å². The molecule has 1 saturated heterocycles. The van der Waals surface area contributed by atoms with Gasteiger partial charge in [-0.2, -0.15) is 0 Å². The van der Waals surface area contributed by atoms with E-state index >= 15 is 0 Å². The van der Waals surface area contributed by atoms with E-state index in [9.17, 15) is 9.59 Å². The van der Waals surface area contributed by atoms with Gasteiger partial charge in [-0.05, 0) is 30.5 Å². The summed E-state index contributed by atoms with van der Waals surface area (Å²) in [4.78, 5) is 27.5. The molecule has 126 valence electrons. The highest BCUT2D eigenvalue weighted by molar-refractivity contribution is 6.04. The maximum Gasteiger partial charge on any atom is 0.325 e. The number of carbonyl (C=O) groups is 2. The monoisotopic (exact) mass is 317 g/mol. The minimum absolute atomic E-state index is 0.112. The molecule has 5 heteroatoms. The van der Waals surface area contributed by atoms with Crippen LogP contribution in [0.5, 0.6) is 0 Å². The van der Waals surface area contributed by atoms with Crippen molar-refractivity contribution in [3.05, 3.63) is 35.4 Å². The normalized spacial score (nSPS) is 18.2. The van der Waals surface area contributed by atoms with Gasteiger partial charge in [0.1, 0.15) is 6.04 Å². The second-order valence-corrected chi connectivity index (χ2v) is 6.61. The number of hydrogen-bond acceptors (Lipinski definition) is 3. The van der Waals surface area contributed by atoms with Gasteiger partial charge < -0.3 is 5.32 Å². The molecule has 1 aliphatic rings. The molecule has 3 amide bonds. The number of amides is 3. The van der Waals surface area contributed by atoms with Gasteiger partial charge in [-0.15, -0.1) is 0 Å². The van der Waals surface area contributed by atoms with Gasteiger partial charge in [-0.1, -0.05) is 51.5 Å². The van der Waals surface area contributed by atoms with Crippen LogP contribution in [0.25, 0.3) is 0 Å². The van der Waals surface area contributed by atoms with Crippen LogP contribution in [-0.4, -0.2) is 41.5 Å². The van der Waals surface area contributed by atoms with Crippen LogP contribution in [0.15, 0.2) is 24.3 Å². The molecule has 0 aromatic heterocycles. The molecule has 1 aromatic carbocycles. The van der Waals surface area contributed by atoms with E-state index in [-0.39, 0.29) is 18.0 Å². The fourth-order valence-corrected chi connectivity index (χ4v) is 2.81. The lowest BCUT2D eigenvalue weighted by molar-refractivity contribution is -0.129. The van der Waals surface area contributed by atoms with E-state index < -0.39 is 0 Å². The Hall–Kier alpha value is -1.88. The van der Waals surface area contributed by atoms with Crippen LogP contribution >= 0.6 is 0 Å². The number of urea groups is 1. The van der Waals surface area contributed by atoms with Crippen molar-refractivity contribution in [1.82, 2.24) is 15.1 Å². The number of nitrogens with one attached hydrogen (secondary N) is 1. The van der Waals surface area contributed by atoms with Crippen molar-refractivity contribution in [1.29, 1.82) is 0 Å². The maximum absolute atomic E-state index is 12.2. The van der Waals surface area contributed by atoms with Crippen LogP contribution in [-0.2, 0) is 11.3 Å². The Balaban J connectivity index is 1.92. The first-order valence-corrected chi connectivity index (χ1v) is 8.31. The van der Waals surface area contributed by atoms with Crippen LogP contribution in [0.3, 0.4) is 0 Å². The smallest absolute Gasteiger partial charge is 0.325 e. The summed E-state index contributed by atoms with van der Waals surface area (Å²) >= 11 is 0. The van der Waals surface area contributed by atoms with Crippen molar-refractivity contribution in [2.24, 2.45) is 0 Å². The zero-order valence-corrected chi connectivity index (χ0v) is 14.5. The van der Waals surface area contributed by atoms with E-state index in [1.165, 1.54) is 16.0 Å². The first-order valence-electron chi connectivity index (χ1n) is 8.31. The molecule has 1 aromatic rings. The Bertz CT molecular complexity index is 554. The van der Waals surface area contributed by atoms with E-state index in [4.69, 9.17) is 0 Å². The van der Waals surface area contributed by atoms with Crippen LogP contribution < -0.4 is 5.32 Å². The number of imide groups is 1. The molecule has 1 atom stereocenters. The number of nitrogens with zero attached hydrogens (tertiary/aromatic N) is 2. The second-order valence-electron chi connectivity index (χ2n) is 6.61. The topological polar surface area (TPSA) is 52.7 Å². The van der Waals surface area contributed by atoms with Crippen molar-refractivity contribution in [3.8, 4) is 0 Å². The average molecular weight is 317 g/mol. The summed E-state index contributed by atoms with van der Waals surface area (Å²) in [6.07, 6.45) is 1.57. The molecule has 23 heavy (non-hydrogen) atoms. The lowest BCUT2D eigenvalue weighted by Crippen LogP contribution is -2.40. The first-order chi connectivity index (χ1) is 10.9. The molecule has 2 rings (SSSR count). The summed E-state index contributed by atoms with van der Waals surface area (Å²) in [6, 6.07) is 7.86. The van der Waals surface area contributed by atoms with Gasteiger partial charge in [0.15, 0.2) is 0 Å². The first kappa shape index (κ1) is 17.5. The fraction of sp³-hybridized carbons (Fsp3) is 0.556. The number of benzene rings is 1. The highest BCUT2D eigenvalue weighted by atomic mass is 16.2. The van der Waals surface area contributed by atoms with Crippen LogP contribution in [0.1, 0.15) is 50.7 Å². The molecule has 0 bridgehead atoms. The third-order valence-corrected chi connectivity index (χ3v) is 4.17. The van der Waals surface area contributed by atoms with Crippen LogP contribution in [0.2, 0.25) is 0 Å². The molecule has 1 aliphatic heterocycles. The Morgan fingerprint density at radius 3 is 2.43 bits per heavy atom. The SMILES string of the molecule is CCC[C@H]1NC(=O)N(CN(C)Cc2ccc(C(C)C)cc2)C1=O. The summed E-state index contributed by atoms with van der Waals surface area (Å²) < 4.78 is 0. The minimum Gasteiger partial charge on any atom is -0.326 e. The largest absolute Gasteiger partial charge is 0.326 e. The highest BCUT2D eigenvalue weighted by Gasteiger charge is 2.37. The van der Waals surface area contributed by atoms with Gasteiger partial charge in [-0.3, -0.25) is 9.69 Å². The molecule has 0 spiro atoms. The Labute approximate surface area is 138 Å². The Morgan fingerprint density at radius 2 is 1.87 bits per heavy atom. The van der Waals surface area contributed by atoms with E-state index in [1.807, 2.05) is 18.9 Å². The Morgan fingerprint density at radius 1 is 1.22 bits per heavy atom. The van der Waals surface area contributed by atoms with Gasteiger partial charge >= 0.3 is 6.03 Å². The van der Waals surface area contributed by atoms with Crippen molar-refractivity contribution in [3.63, 3.8) is 0 Å². The average Bonchev–Trinajstić information content (AvgIpc) is 2.76. The molecular weight excluding hydrogens is 290 g/mol. The molecule has 5 nitrogen and oxygen atoms in total. The predicted octanol–water partition coefficient (Wildman–Crippen LogP) is 2.92. The summed E-state index contributed by atoms with van der Waals surface area (Å²) in [5.41, 5.74) is 2.49. The van der Waals surface area contributed by atoms with E-state index in [2.05, 4.69) is 43.4 Å². The van der Waals surface area contributed by atoms with Crippen molar-refractivity contribution in [2.75, 3.05) is 13.7 Å². The van der Waals surface area contributed by atoms with Gasteiger partial charge in [-0.25, -0.2) is 9.69 Å². The zero-order chi connectivity index (χ0) is 17.0. The highest BCUT2D eigenvalue weighted by Crippen LogP contribution is 2.16. The Kier molecular flexibility index (Phi) is 5.77. The van der Waals surface area contributed by atoms with E-state index in [0.29, 0.717) is 25.6 Å².